The molecular weight excluding hydrogens is 210 g/mol. The SMILES string of the molecule is COCC1CC(C)(C)CCC1CNC(C)(C)C. The largest absolute Gasteiger partial charge is 0.384 e. The van der Waals surface area contributed by atoms with E-state index in [1.165, 1.54) is 19.3 Å². The monoisotopic (exact) mass is 241 g/mol. The van der Waals surface area contributed by atoms with Crippen molar-refractivity contribution in [3.63, 3.8) is 0 Å². The third kappa shape index (κ3) is 5.39. The third-order valence-electron chi connectivity index (χ3n) is 3.95. The van der Waals surface area contributed by atoms with Crippen LogP contribution >= 0.6 is 0 Å². The van der Waals surface area contributed by atoms with E-state index in [-0.39, 0.29) is 5.54 Å². The smallest absolute Gasteiger partial charge is 0.0493 e. The predicted molar refractivity (Wildman–Crippen MR) is 74.2 cm³/mol. The van der Waals surface area contributed by atoms with Crippen LogP contribution in [0.25, 0.3) is 0 Å². The van der Waals surface area contributed by atoms with Crippen LogP contribution in [-0.4, -0.2) is 25.8 Å². The van der Waals surface area contributed by atoms with Crippen molar-refractivity contribution in [3.05, 3.63) is 0 Å². The first-order chi connectivity index (χ1) is 7.73. The molecule has 0 spiro atoms. The van der Waals surface area contributed by atoms with Crippen LogP contribution < -0.4 is 5.32 Å². The van der Waals surface area contributed by atoms with Crippen molar-refractivity contribution in [2.45, 2.75) is 59.4 Å². The zero-order chi connectivity index (χ0) is 13.1. The second-order valence-corrected chi connectivity index (χ2v) is 7.51. The van der Waals surface area contributed by atoms with E-state index in [9.17, 15) is 0 Å². The van der Waals surface area contributed by atoms with Crippen LogP contribution in [0.4, 0.5) is 0 Å². The number of methoxy groups -OCH3 is 1. The van der Waals surface area contributed by atoms with E-state index in [1.54, 1.807) is 0 Å². The lowest BCUT2D eigenvalue weighted by molar-refractivity contribution is 0.0441. The molecule has 17 heavy (non-hydrogen) atoms. The molecule has 1 aliphatic carbocycles. The molecule has 1 N–H and O–H groups in total. The molecule has 0 aromatic rings. The van der Waals surface area contributed by atoms with E-state index in [2.05, 4.69) is 39.9 Å². The van der Waals surface area contributed by atoms with Crippen molar-refractivity contribution in [1.29, 1.82) is 0 Å². The topological polar surface area (TPSA) is 21.3 Å². The fourth-order valence-electron chi connectivity index (χ4n) is 2.91. The van der Waals surface area contributed by atoms with E-state index in [0.717, 1.165) is 25.0 Å². The molecule has 0 radical (unpaired) electrons. The van der Waals surface area contributed by atoms with Gasteiger partial charge in [-0.3, -0.25) is 0 Å². The average Bonchev–Trinajstić information content (AvgIpc) is 2.14. The molecule has 0 saturated heterocycles. The van der Waals surface area contributed by atoms with E-state index < -0.39 is 0 Å². The molecular formula is C15H31NO. The molecule has 1 fully saturated rings. The van der Waals surface area contributed by atoms with Gasteiger partial charge in [-0.05, 0) is 63.8 Å². The van der Waals surface area contributed by atoms with Gasteiger partial charge in [0.1, 0.15) is 0 Å². The number of nitrogens with one attached hydrogen (secondary N) is 1. The van der Waals surface area contributed by atoms with Gasteiger partial charge in [0.05, 0.1) is 0 Å². The Bertz CT molecular complexity index is 230. The number of hydrogen-bond acceptors (Lipinski definition) is 2. The minimum atomic E-state index is 0.227. The summed E-state index contributed by atoms with van der Waals surface area (Å²) in [4.78, 5) is 0. The van der Waals surface area contributed by atoms with E-state index in [1.807, 2.05) is 7.11 Å². The van der Waals surface area contributed by atoms with Crippen molar-refractivity contribution in [3.8, 4) is 0 Å². The summed E-state index contributed by atoms with van der Waals surface area (Å²) in [6.45, 7) is 13.6. The molecule has 0 aliphatic heterocycles. The molecule has 2 atom stereocenters. The van der Waals surface area contributed by atoms with Crippen LogP contribution in [0, 0.1) is 17.3 Å². The molecule has 2 unspecified atom stereocenters. The Balaban J connectivity index is 2.52. The maximum atomic E-state index is 5.41. The predicted octanol–water partition coefficient (Wildman–Crippen LogP) is 3.46. The Morgan fingerprint density at radius 1 is 1.24 bits per heavy atom. The molecule has 0 bridgehead atoms. The molecule has 0 aromatic carbocycles. The highest BCUT2D eigenvalue weighted by Gasteiger charge is 2.34. The third-order valence-corrected chi connectivity index (χ3v) is 3.95. The molecule has 1 aliphatic rings. The van der Waals surface area contributed by atoms with Gasteiger partial charge in [-0.15, -0.1) is 0 Å². The minimum absolute atomic E-state index is 0.227. The van der Waals surface area contributed by atoms with Crippen LogP contribution in [0.3, 0.4) is 0 Å². The average molecular weight is 241 g/mol. The molecule has 2 heteroatoms. The maximum absolute atomic E-state index is 5.41. The quantitative estimate of drug-likeness (QED) is 0.814. The van der Waals surface area contributed by atoms with Gasteiger partial charge in [-0.1, -0.05) is 13.8 Å². The highest BCUT2D eigenvalue weighted by atomic mass is 16.5. The number of hydrogen-bond donors (Lipinski definition) is 1. The van der Waals surface area contributed by atoms with Crippen molar-refractivity contribution < 1.29 is 4.74 Å². The molecule has 0 heterocycles. The Hall–Kier alpha value is -0.0800. The fourth-order valence-corrected chi connectivity index (χ4v) is 2.91. The highest BCUT2D eigenvalue weighted by Crippen LogP contribution is 2.41. The second kappa shape index (κ2) is 5.71. The fraction of sp³-hybridized carbons (Fsp3) is 1.00. The summed E-state index contributed by atoms with van der Waals surface area (Å²) in [5, 5.41) is 3.65. The molecule has 1 saturated carbocycles. The van der Waals surface area contributed by atoms with Crippen LogP contribution in [0.5, 0.6) is 0 Å². The summed E-state index contributed by atoms with van der Waals surface area (Å²) in [6.07, 6.45) is 3.99. The molecule has 102 valence electrons. The van der Waals surface area contributed by atoms with Crippen molar-refractivity contribution in [1.82, 2.24) is 5.32 Å². The van der Waals surface area contributed by atoms with E-state index >= 15 is 0 Å². The standard InChI is InChI=1S/C15H31NO/c1-14(2,3)16-10-12-7-8-15(4,5)9-13(12)11-17-6/h12-13,16H,7-11H2,1-6H3. The van der Waals surface area contributed by atoms with Gasteiger partial charge in [0.25, 0.3) is 0 Å². The summed E-state index contributed by atoms with van der Waals surface area (Å²) in [5.41, 5.74) is 0.728. The second-order valence-electron chi connectivity index (χ2n) is 7.51. The first kappa shape index (κ1) is 15.0. The van der Waals surface area contributed by atoms with E-state index in [0.29, 0.717) is 5.41 Å². The Labute approximate surface area is 108 Å². The number of rotatable bonds is 4. The lowest BCUT2D eigenvalue weighted by atomic mass is 9.67. The lowest BCUT2D eigenvalue weighted by Gasteiger charge is -2.41. The minimum Gasteiger partial charge on any atom is -0.384 e. The highest BCUT2D eigenvalue weighted by molar-refractivity contribution is 4.87. The first-order valence-electron chi connectivity index (χ1n) is 6.97. The summed E-state index contributed by atoms with van der Waals surface area (Å²) in [7, 11) is 1.83. The Morgan fingerprint density at radius 2 is 1.88 bits per heavy atom. The van der Waals surface area contributed by atoms with Crippen LogP contribution in [0.15, 0.2) is 0 Å². The summed E-state index contributed by atoms with van der Waals surface area (Å²) >= 11 is 0. The maximum Gasteiger partial charge on any atom is 0.0493 e. The zero-order valence-corrected chi connectivity index (χ0v) is 12.6. The van der Waals surface area contributed by atoms with Crippen molar-refractivity contribution in [2.75, 3.05) is 20.3 Å². The Morgan fingerprint density at radius 3 is 2.41 bits per heavy atom. The summed E-state index contributed by atoms with van der Waals surface area (Å²) < 4.78 is 5.41. The van der Waals surface area contributed by atoms with Crippen LogP contribution in [0.1, 0.15) is 53.9 Å². The van der Waals surface area contributed by atoms with Gasteiger partial charge in [0.2, 0.25) is 0 Å². The van der Waals surface area contributed by atoms with Gasteiger partial charge >= 0.3 is 0 Å². The van der Waals surface area contributed by atoms with Crippen molar-refractivity contribution >= 4 is 0 Å². The molecule has 0 aromatic heterocycles. The van der Waals surface area contributed by atoms with Gasteiger partial charge in [-0.25, -0.2) is 0 Å². The summed E-state index contributed by atoms with van der Waals surface area (Å²) in [5.74, 6) is 1.50. The van der Waals surface area contributed by atoms with Gasteiger partial charge < -0.3 is 10.1 Å². The molecule has 2 nitrogen and oxygen atoms in total. The molecule has 1 rings (SSSR count). The Kier molecular flexibility index (Phi) is 5.03. The van der Waals surface area contributed by atoms with Crippen LogP contribution in [-0.2, 0) is 4.74 Å². The normalized spacial score (nSPS) is 29.3. The van der Waals surface area contributed by atoms with Gasteiger partial charge in [0, 0.05) is 19.3 Å². The van der Waals surface area contributed by atoms with E-state index in [4.69, 9.17) is 4.74 Å². The zero-order valence-electron chi connectivity index (χ0n) is 12.6. The lowest BCUT2D eigenvalue weighted by Crippen LogP contribution is -2.44. The summed E-state index contributed by atoms with van der Waals surface area (Å²) in [6, 6.07) is 0. The number of ether oxygens (including phenoxy) is 1. The van der Waals surface area contributed by atoms with Crippen LogP contribution in [0.2, 0.25) is 0 Å². The van der Waals surface area contributed by atoms with Gasteiger partial charge in [0.15, 0.2) is 0 Å². The van der Waals surface area contributed by atoms with Gasteiger partial charge in [-0.2, -0.15) is 0 Å². The van der Waals surface area contributed by atoms with Crippen molar-refractivity contribution in [2.24, 2.45) is 17.3 Å². The molecule has 0 amide bonds. The first-order valence-corrected chi connectivity index (χ1v) is 6.97.